The smallest absolute Gasteiger partial charge is 0.391 e. The fourth-order valence-corrected chi connectivity index (χ4v) is 4.38. The molecule has 0 aliphatic carbocycles. The number of pyridine rings is 1. The summed E-state index contributed by atoms with van der Waals surface area (Å²) in [5, 5.41) is 19.0. The Balaban J connectivity index is 1.47. The summed E-state index contributed by atoms with van der Waals surface area (Å²) in [6.45, 7) is 1.41. The van der Waals surface area contributed by atoms with Gasteiger partial charge in [0.05, 0.1) is 23.9 Å². The molecule has 4 aromatic rings. The number of aliphatic hydroxyl groups is 1. The number of piperidine rings is 1. The van der Waals surface area contributed by atoms with Crippen molar-refractivity contribution in [3.8, 4) is 11.1 Å². The molecular formula is C24H21ClF3N5O. The van der Waals surface area contributed by atoms with E-state index in [1.807, 2.05) is 12.3 Å². The normalized spacial score (nSPS) is 19.3. The Hall–Kier alpha value is -3.14. The SMILES string of the molecule is OC1CCNCC1n1cc(-c2cnc3[nH]cc(/C=C/c4cc(Cl)ccc4C(F)(F)F)c3c2)cn1. The van der Waals surface area contributed by atoms with E-state index in [0.29, 0.717) is 24.2 Å². The largest absolute Gasteiger partial charge is 0.416 e. The van der Waals surface area contributed by atoms with Crippen LogP contribution in [0, 0.1) is 0 Å². The van der Waals surface area contributed by atoms with Crippen molar-refractivity contribution in [3.63, 3.8) is 0 Å². The van der Waals surface area contributed by atoms with Crippen molar-refractivity contribution in [2.24, 2.45) is 0 Å². The summed E-state index contributed by atoms with van der Waals surface area (Å²) < 4.78 is 41.9. The summed E-state index contributed by atoms with van der Waals surface area (Å²) in [5.74, 6) is 0. The minimum atomic E-state index is -4.49. The van der Waals surface area contributed by atoms with Gasteiger partial charge >= 0.3 is 6.18 Å². The van der Waals surface area contributed by atoms with Gasteiger partial charge in [-0.3, -0.25) is 4.68 Å². The van der Waals surface area contributed by atoms with Crippen molar-refractivity contribution in [3.05, 3.63) is 70.8 Å². The monoisotopic (exact) mass is 487 g/mol. The highest BCUT2D eigenvalue weighted by Crippen LogP contribution is 2.35. The van der Waals surface area contributed by atoms with Crippen molar-refractivity contribution in [1.29, 1.82) is 0 Å². The highest BCUT2D eigenvalue weighted by atomic mass is 35.5. The number of hydrogen-bond acceptors (Lipinski definition) is 4. The van der Waals surface area contributed by atoms with Crippen molar-refractivity contribution in [2.75, 3.05) is 13.1 Å². The summed E-state index contributed by atoms with van der Waals surface area (Å²) in [6, 6.07) is 5.27. The van der Waals surface area contributed by atoms with Crippen LogP contribution in [-0.2, 0) is 6.18 Å². The first-order chi connectivity index (χ1) is 16.3. The average Bonchev–Trinajstić information content (AvgIpc) is 3.44. The Bertz CT molecular complexity index is 1360. The molecule has 0 saturated carbocycles. The lowest BCUT2D eigenvalue weighted by Gasteiger charge is -2.28. The number of alkyl halides is 3. The molecule has 1 saturated heterocycles. The fraction of sp³-hybridized carbons (Fsp3) is 0.250. The lowest BCUT2D eigenvalue weighted by atomic mass is 10.0. The van der Waals surface area contributed by atoms with Gasteiger partial charge in [-0.1, -0.05) is 23.8 Å². The minimum absolute atomic E-state index is 0.0145. The zero-order valence-electron chi connectivity index (χ0n) is 17.9. The Morgan fingerprint density at radius 3 is 2.74 bits per heavy atom. The molecule has 1 aliphatic rings. The highest BCUT2D eigenvalue weighted by molar-refractivity contribution is 6.30. The molecule has 10 heteroatoms. The standard InChI is InChI=1S/C24H21ClF3N5O/c25-18-3-4-20(24(26,27)28)14(7-18)1-2-15-9-30-23-19(15)8-16(10-31-23)17-11-32-33(13-17)21-12-29-6-5-22(21)34/h1-4,7-11,13,21-22,29,34H,5-6,12H2,(H,30,31)/b2-1+. The van der Waals surface area contributed by atoms with E-state index in [1.165, 1.54) is 18.2 Å². The third-order valence-electron chi connectivity index (χ3n) is 6.01. The van der Waals surface area contributed by atoms with Crippen LogP contribution in [0.5, 0.6) is 0 Å². The van der Waals surface area contributed by atoms with E-state index in [9.17, 15) is 18.3 Å². The first-order valence-electron chi connectivity index (χ1n) is 10.7. The third kappa shape index (κ3) is 4.46. The molecule has 0 amide bonds. The molecule has 1 fully saturated rings. The topological polar surface area (TPSA) is 78.8 Å². The summed E-state index contributed by atoms with van der Waals surface area (Å²) >= 11 is 5.93. The molecule has 6 nitrogen and oxygen atoms in total. The molecule has 3 N–H and O–H groups in total. The number of nitrogens with zero attached hydrogens (tertiary/aromatic N) is 3. The molecule has 0 spiro atoms. The minimum Gasteiger partial charge on any atom is -0.391 e. The molecule has 0 radical (unpaired) electrons. The first-order valence-corrected chi connectivity index (χ1v) is 11.1. The number of hydrogen-bond donors (Lipinski definition) is 3. The zero-order chi connectivity index (χ0) is 23.9. The Kier molecular flexibility index (Phi) is 5.93. The van der Waals surface area contributed by atoms with E-state index in [2.05, 4.69) is 20.4 Å². The summed E-state index contributed by atoms with van der Waals surface area (Å²) in [5.41, 5.74) is 2.18. The number of fused-ring (bicyclic) bond motifs is 1. The van der Waals surface area contributed by atoms with Crippen molar-refractivity contribution < 1.29 is 18.3 Å². The van der Waals surface area contributed by atoms with Crippen LogP contribution in [-0.4, -0.2) is 44.0 Å². The molecule has 4 heterocycles. The number of benzene rings is 1. The lowest BCUT2D eigenvalue weighted by molar-refractivity contribution is -0.137. The van der Waals surface area contributed by atoms with E-state index in [1.54, 1.807) is 29.3 Å². The van der Waals surface area contributed by atoms with E-state index in [0.717, 1.165) is 29.1 Å². The maximum absolute atomic E-state index is 13.4. The van der Waals surface area contributed by atoms with Gasteiger partial charge in [-0.05, 0) is 42.8 Å². The van der Waals surface area contributed by atoms with Crippen LogP contribution < -0.4 is 5.32 Å². The molecule has 176 valence electrons. The number of H-pyrrole nitrogens is 1. The van der Waals surface area contributed by atoms with Crippen molar-refractivity contribution in [2.45, 2.75) is 24.7 Å². The number of rotatable bonds is 4. The average molecular weight is 488 g/mol. The third-order valence-corrected chi connectivity index (χ3v) is 6.25. The number of aliphatic hydroxyl groups excluding tert-OH is 1. The molecule has 3 aromatic heterocycles. The predicted octanol–water partition coefficient (Wildman–Crippen LogP) is 5.16. The van der Waals surface area contributed by atoms with Gasteiger partial charge in [0.25, 0.3) is 0 Å². The van der Waals surface area contributed by atoms with E-state index in [-0.39, 0.29) is 16.6 Å². The highest BCUT2D eigenvalue weighted by Gasteiger charge is 2.32. The maximum atomic E-state index is 13.4. The van der Waals surface area contributed by atoms with Crippen molar-refractivity contribution in [1.82, 2.24) is 25.1 Å². The summed E-state index contributed by atoms with van der Waals surface area (Å²) in [6.07, 6.45) is 5.71. The molecular weight excluding hydrogens is 467 g/mol. The summed E-state index contributed by atoms with van der Waals surface area (Å²) in [4.78, 5) is 7.50. The first kappa shape index (κ1) is 22.6. The van der Waals surface area contributed by atoms with Crippen LogP contribution >= 0.6 is 11.6 Å². The van der Waals surface area contributed by atoms with Gasteiger partial charge in [0.1, 0.15) is 5.65 Å². The van der Waals surface area contributed by atoms with Crippen LogP contribution in [0.1, 0.15) is 29.2 Å². The van der Waals surface area contributed by atoms with E-state index < -0.39 is 17.8 Å². The molecule has 2 atom stereocenters. The number of aromatic amines is 1. The van der Waals surface area contributed by atoms with Gasteiger partial charge in [-0.2, -0.15) is 18.3 Å². The molecule has 2 unspecified atom stereocenters. The Morgan fingerprint density at radius 2 is 1.94 bits per heavy atom. The van der Waals surface area contributed by atoms with Gasteiger partial charge in [0.2, 0.25) is 0 Å². The zero-order valence-corrected chi connectivity index (χ0v) is 18.6. The molecule has 0 bridgehead atoms. The van der Waals surface area contributed by atoms with Crippen LogP contribution in [0.15, 0.2) is 49.1 Å². The Morgan fingerprint density at radius 1 is 1.12 bits per heavy atom. The summed E-state index contributed by atoms with van der Waals surface area (Å²) in [7, 11) is 0. The lowest BCUT2D eigenvalue weighted by Crippen LogP contribution is -2.41. The van der Waals surface area contributed by atoms with Gasteiger partial charge in [-0.25, -0.2) is 4.98 Å². The maximum Gasteiger partial charge on any atom is 0.416 e. The fourth-order valence-electron chi connectivity index (χ4n) is 4.20. The number of halogens is 4. The van der Waals surface area contributed by atoms with E-state index >= 15 is 0 Å². The molecule has 5 rings (SSSR count). The van der Waals surface area contributed by atoms with Gasteiger partial charge in [0, 0.05) is 52.2 Å². The molecule has 34 heavy (non-hydrogen) atoms. The van der Waals surface area contributed by atoms with Crippen LogP contribution in [0.3, 0.4) is 0 Å². The van der Waals surface area contributed by atoms with E-state index in [4.69, 9.17) is 11.6 Å². The molecule has 1 aromatic carbocycles. The van der Waals surface area contributed by atoms with Crippen LogP contribution in [0.25, 0.3) is 34.3 Å². The van der Waals surface area contributed by atoms with Gasteiger partial charge < -0.3 is 15.4 Å². The predicted molar refractivity (Wildman–Crippen MR) is 125 cm³/mol. The van der Waals surface area contributed by atoms with Gasteiger partial charge in [0.15, 0.2) is 0 Å². The quantitative estimate of drug-likeness (QED) is 0.371. The van der Waals surface area contributed by atoms with Crippen molar-refractivity contribution >= 4 is 34.8 Å². The Labute approximate surface area is 198 Å². The number of aromatic nitrogens is 4. The van der Waals surface area contributed by atoms with Gasteiger partial charge in [-0.15, -0.1) is 0 Å². The van der Waals surface area contributed by atoms with Crippen LogP contribution in [0.2, 0.25) is 5.02 Å². The van der Waals surface area contributed by atoms with Crippen LogP contribution in [0.4, 0.5) is 13.2 Å². The molecule has 1 aliphatic heterocycles. The number of nitrogens with one attached hydrogen (secondary N) is 2. The second-order valence-corrected chi connectivity index (χ2v) is 8.70. The second kappa shape index (κ2) is 8.90. The second-order valence-electron chi connectivity index (χ2n) is 8.26.